The summed E-state index contributed by atoms with van der Waals surface area (Å²) in [7, 11) is 0. The van der Waals surface area contributed by atoms with Crippen LogP contribution in [0.1, 0.15) is 5.56 Å². The average Bonchev–Trinajstić information content (AvgIpc) is 2.68. The van der Waals surface area contributed by atoms with E-state index in [2.05, 4.69) is 0 Å². The van der Waals surface area contributed by atoms with Crippen molar-refractivity contribution in [3.63, 3.8) is 0 Å². The standard InChI is InChI=1S/C18H18N4O5/c23-18(13-14-5-1-2-6-15(14)21(24)25)20-11-9-19(10-12-20)16-7-3-4-8-17(16)22(26)27/h1-8H,9-13H2. The van der Waals surface area contributed by atoms with Crippen LogP contribution in [-0.2, 0) is 11.2 Å². The van der Waals surface area contributed by atoms with Crippen molar-refractivity contribution in [2.75, 3.05) is 31.1 Å². The zero-order valence-electron chi connectivity index (χ0n) is 14.5. The topological polar surface area (TPSA) is 110 Å². The molecule has 9 heteroatoms. The van der Waals surface area contributed by atoms with Crippen LogP contribution in [0.5, 0.6) is 0 Å². The SMILES string of the molecule is O=C(Cc1ccccc1[N+](=O)[O-])N1CCN(c2ccccc2[N+](=O)[O-])CC1. The number of rotatable bonds is 5. The molecule has 1 aliphatic rings. The third kappa shape index (κ3) is 4.02. The van der Waals surface area contributed by atoms with Gasteiger partial charge in [0.05, 0.1) is 16.3 Å². The molecule has 0 atom stereocenters. The van der Waals surface area contributed by atoms with Crippen LogP contribution >= 0.6 is 0 Å². The summed E-state index contributed by atoms with van der Waals surface area (Å²) in [6, 6.07) is 12.7. The van der Waals surface area contributed by atoms with E-state index in [0.29, 0.717) is 37.4 Å². The van der Waals surface area contributed by atoms with Crippen molar-refractivity contribution in [3.05, 3.63) is 74.3 Å². The lowest BCUT2D eigenvalue weighted by Gasteiger charge is -2.35. The van der Waals surface area contributed by atoms with Gasteiger partial charge in [-0.2, -0.15) is 0 Å². The minimum absolute atomic E-state index is 0.0390. The van der Waals surface area contributed by atoms with Gasteiger partial charge in [-0.05, 0) is 6.07 Å². The molecule has 0 aliphatic carbocycles. The normalized spacial score (nSPS) is 14.1. The van der Waals surface area contributed by atoms with E-state index in [1.807, 2.05) is 4.90 Å². The van der Waals surface area contributed by atoms with Gasteiger partial charge >= 0.3 is 0 Å². The molecule has 9 nitrogen and oxygen atoms in total. The lowest BCUT2D eigenvalue weighted by Crippen LogP contribution is -2.49. The van der Waals surface area contributed by atoms with Crippen molar-refractivity contribution in [2.45, 2.75) is 6.42 Å². The van der Waals surface area contributed by atoms with Crippen molar-refractivity contribution in [1.82, 2.24) is 4.90 Å². The molecule has 0 unspecified atom stereocenters. The number of hydrogen-bond acceptors (Lipinski definition) is 6. The largest absolute Gasteiger partial charge is 0.362 e. The number of carbonyl (C=O) groups excluding carboxylic acids is 1. The van der Waals surface area contributed by atoms with E-state index in [4.69, 9.17) is 0 Å². The Hall–Kier alpha value is -3.49. The molecule has 1 fully saturated rings. The number of carbonyl (C=O) groups is 1. The summed E-state index contributed by atoms with van der Waals surface area (Å²) >= 11 is 0. The predicted molar refractivity (Wildman–Crippen MR) is 98.7 cm³/mol. The molecule has 0 aromatic heterocycles. The Labute approximate surface area is 155 Å². The molecule has 140 valence electrons. The van der Waals surface area contributed by atoms with Gasteiger partial charge < -0.3 is 9.80 Å². The average molecular weight is 370 g/mol. The first-order valence-corrected chi connectivity index (χ1v) is 8.46. The molecule has 0 bridgehead atoms. The van der Waals surface area contributed by atoms with E-state index in [1.54, 1.807) is 41.3 Å². The number of anilines is 1. The van der Waals surface area contributed by atoms with Crippen molar-refractivity contribution >= 4 is 23.0 Å². The number of nitro groups is 2. The maximum absolute atomic E-state index is 12.5. The van der Waals surface area contributed by atoms with Gasteiger partial charge in [-0.1, -0.05) is 30.3 Å². The quantitative estimate of drug-likeness (QED) is 0.590. The van der Waals surface area contributed by atoms with Crippen molar-refractivity contribution in [1.29, 1.82) is 0 Å². The lowest BCUT2D eigenvalue weighted by atomic mass is 10.1. The summed E-state index contributed by atoms with van der Waals surface area (Å²) in [6.07, 6.45) is -0.0390. The number of nitrogens with zero attached hydrogens (tertiary/aromatic N) is 4. The van der Waals surface area contributed by atoms with E-state index < -0.39 is 9.85 Å². The van der Waals surface area contributed by atoms with E-state index >= 15 is 0 Å². The van der Waals surface area contributed by atoms with Gasteiger partial charge in [0, 0.05) is 43.9 Å². The first-order chi connectivity index (χ1) is 13.0. The molecular formula is C18H18N4O5. The second kappa shape index (κ2) is 7.81. The molecule has 0 N–H and O–H groups in total. The summed E-state index contributed by atoms with van der Waals surface area (Å²) in [5.41, 5.74) is 0.892. The molecule has 3 rings (SSSR count). The number of benzene rings is 2. The van der Waals surface area contributed by atoms with Crippen LogP contribution in [0.4, 0.5) is 17.1 Å². The van der Waals surface area contributed by atoms with Crippen LogP contribution in [0.15, 0.2) is 48.5 Å². The van der Waals surface area contributed by atoms with Crippen molar-refractivity contribution in [2.24, 2.45) is 0 Å². The Kier molecular flexibility index (Phi) is 5.30. The Morgan fingerprint density at radius 3 is 2.04 bits per heavy atom. The van der Waals surface area contributed by atoms with Gasteiger partial charge in [-0.3, -0.25) is 25.0 Å². The second-order valence-electron chi connectivity index (χ2n) is 6.18. The molecule has 1 heterocycles. The fourth-order valence-electron chi connectivity index (χ4n) is 3.20. The van der Waals surface area contributed by atoms with Crippen LogP contribution in [0, 0.1) is 20.2 Å². The minimum Gasteiger partial charge on any atom is -0.362 e. The Bertz CT molecular complexity index is 878. The van der Waals surface area contributed by atoms with Crippen molar-refractivity contribution in [3.8, 4) is 0 Å². The molecule has 2 aromatic rings. The summed E-state index contributed by atoms with van der Waals surface area (Å²) < 4.78 is 0. The number of nitro benzene ring substituents is 2. The Morgan fingerprint density at radius 2 is 1.41 bits per heavy atom. The first kappa shape index (κ1) is 18.3. The van der Waals surface area contributed by atoms with E-state index in [-0.39, 0.29) is 23.7 Å². The fraction of sp³-hybridized carbons (Fsp3) is 0.278. The smallest absolute Gasteiger partial charge is 0.292 e. The predicted octanol–water partition coefficient (Wildman–Crippen LogP) is 2.39. The third-order valence-electron chi connectivity index (χ3n) is 4.58. The molecule has 1 amide bonds. The van der Waals surface area contributed by atoms with Gasteiger partial charge in [0.25, 0.3) is 11.4 Å². The van der Waals surface area contributed by atoms with Crippen molar-refractivity contribution < 1.29 is 14.6 Å². The van der Waals surface area contributed by atoms with Gasteiger partial charge in [-0.15, -0.1) is 0 Å². The van der Waals surface area contributed by atoms with Gasteiger partial charge in [0.15, 0.2) is 0 Å². The zero-order chi connectivity index (χ0) is 19.4. The van der Waals surface area contributed by atoms with E-state index in [1.165, 1.54) is 12.1 Å². The molecule has 0 saturated carbocycles. The maximum atomic E-state index is 12.5. The number of para-hydroxylation sites is 3. The number of piperazine rings is 1. The maximum Gasteiger partial charge on any atom is 0.292 e. The van der Waals surface area contributed by atoms with Gasteiger partial charge in [0.1, 0.15) is 5.69 Å². The van der Waals surface area contributed by atoms with Crippen LogP contribution in [0.3, 0.4) is 0 Å². The monoisotopic (exact) mass is 370 g/mol. The summed E-state index contributed by atoms with van der Waals surface area (Å²) in [5.74, 6) is -0.188. The van der Waals surface area contributed by atoms with Crippen LogP contribution in [0.25, 0.3) is 0 Å². The number of amides is 1. The van der Waals surface area contributed by atoms with Crippen LogP contribution < -0.4 is 4.90 Å². The van der Waals surface area contributed by atoms with E-state index in [9.17, 15) is 25.0 Å². The minimum atomic E-state index is -0.491. The highest BCUT2D eigenvalue weighted by molar-refractivity contribution is 5.80. The highest BCUT2D eigenvalue weighted by atomic mass is 16.6. The fourth-order valence-corrected chi connectivity index (χ4v) is 3.20. The molecule has 0 radical (unpaired) electrons. The highest BCUT2D eigenvalue weighted by Gasteiger charge is 2.26. The number of hydrogen-bond donors (Lipinski definition) is 0. The lowest BCUT2D eigenvalue weighted by molar-refractivity contribution is -0.385. The first-order valence-electron chi connectivity index (χ1n) is 8.46. The molecular weight excluding hydrogens is 352 g/mol. The molecule has 0 spiro atoms. The second-order valence-corrected chi connectivity index (χ2v) is 6.18. The third-order valence-corrected chi connectivity index (χ3v) is 4.58. The van der Waals surface area contributed by atoms with E-state index in [0.717, 1.165) is 0 Å². The summed E-state index contributed by atoms with van der Waals surface area (Å²) in [6.45, 7) is 1.75. The summed E-state index contributed by atoms with van der Waals surface area (Å²) in [4.78, 5) is 37.4. The van der Waals surface area contributed by atoms with Gasteiger partial charge in [-0.25, -0.2) is 0 Å². The molecule has 1 aliphatic heterocycles. The molecule has 27 heavy (non-hydrogen) atoms. The van der Waals surface area contributed by atoms with Crippen LogP contribution in [-0.4, -0.2) is 46.8 Å². The summed E-state index contributed by atoms with van der Waals surface area (Å²) in [5, 5.41) is 22.3. The zero-order valence-corrected chi connectivity index (χ0v) is 14.5. The molecule has 2 aromatic carbocycles. The van der Waals surface area contributed by atoms with Gasteiger partial charge in [0.2, 0.25) is 5.91 Å². The molecule has 1 saturated heterocycles. The highest BCUT2D eigenvalue weighted by Crippen LogP contribution is 2.28. The van der Waals surface area contributed by atoms with Crippen LogP contribution in [0.2, 0.25) is 0 Å². The Morgan fingerprint density at radius 1 is 0.852 bits per heavy atom. The Balaban J connectivity index is 1.65.